The number of rotatable bonds is 6. The Balaban J connectivity index is 2.48. The van der Waals surface area contributed by atoms with E-state index in [2.05, 4.69) is 23.4 Å². The Morgan fingerprint density at radius 2 is 2.19 bits per heavy atom. The summed E-state index contributed by atoms with van der Waals surface area (Å²) in [4.78, 5) is 0. The van der Waals surface area contributed by atoms with Crippen LogP contribution in [0.4, 0.5) is 0 Å². The average molecular weight is 225 g/mol. The van der Waals surface area contributed by atoms with Gasteiger partial charge in [-0.1, -0.05) is 6.92 Å². The molecule has 0 saturated heterocycles. The molecule has 2 N–H and O–H groups in total. The van der Waals surface area contributed by atoms with Crippen LogP contribution in [0.2, 0.25) is 0 Å². The summed E-state index contributed by atoms with van der Waals surface area (Å²) < 4.78 is 1.99. The monoisotopic (exact) mass is 225 g/mol. The number of hydrogen-bond acceptors (Lipinski definition) is 3. The van der Waals surface area contributed by atoms with Crippen molar-refractivity contribution in [3.05, 3.63) is 17.5 Å². The Hall–Kier alpha value is -0.870. The van der Waals surface area contributed by atoms with Crippen LogP contribution in [0.25, 0.3) is 0 Å². The van der Waals surface area contributed by atoms with Gasteiger partial charge in [-0.15, -0.1) is 0 Å². The second kappa shape index (κ2) is 5.46. The van der Waals surface area contributed by atoms with Gasteiger partial charge in [0, 0.05) is 19.6 Å². The van der Waals surface area contributed by atoms with E-state index in [1.165, 1.54) is 5.69 Å². The molecule has 1 atom stereocenters. The Morgan fingerprint density at radius 1 is 1.50 bits per heavy atom. The van der Waals surface area contributed by atoms with Gasteiger partial charge in [0.15, 0.2) is 0 Å². The number of aryl methyl sites for hydroxylation is 2. The van der Waals surface area contributed by atoms with Crippen LogP contribution < -0.4 is 5.32 Å². The van der Waals surface area contributed by atoms with Gasteiger partial charge in [-0.2, -0.15) is 5.10 Å². The van der Waals surface area contributed by atoms with Gasteiger partial charge in [0.2, 0.25) is 0 Å². The molecule has 0 amide bonds. The molecule has 0 radical (unpaired) electrons. The Morgan fingerprint density at radius 3 is 2.75 bits per heavy atom. The predicted molar refractivity (Wildman–Crippen MR) is 65.3 cm³/mol. The molecular formula is C12H23N3O. The molecule has 0 saturated carbocycles. The minimum atomic E-state index is -0.619. The average Bonchev–Trinajstić information content (AvgIpc) is 2.59. The highest BCUT2D eigenvalue weighted by Gasteiger charge is 2.16. The third kappa shape index (κ3) is 3.61. The lowest BCUT2D eigenvalue weighted by Crippen LogP contribution is -2.37. The van der Waals surface area contributed by atoms with Crippen LogP contribution in [-0.2, 0) is 13.1 Å². The first-order chi connectivity index (χ1) is 7.48. The molecule has 92 valence electrons. The van der Waals surface area contributed by atoms with Crippen LogP contribution >= 0.6 is 0 Å². The van der Waals surface area contributed by atoms with E-state index in [4.69, 9.17) is 0 Å². The molecule has 0 aliphatic heterocycles. The summed E-state index contributed by atoms with van der Waals surface area (Å²) in [6, 6.07) is 2.08. The first kappa shape index (κ1) is 13.2. The standard InChI is InChI=1S/C12H23N3O/c1-5-12(4,16)9-13-8-11-7-10(3)14-15(11)6-2/h7,13,16H,5-6,8-9H2,1-4H3. The minimum Gasteiger partial charge on any atom is -0.389 e. The van der Waals surface area contributed by atoms with E-state index in [0.717, 1.165) is 25.2 Å². The lowest BCUT2D eigenvalue weighted by molar-refractivity contribution is 0.0554. The molecule has 0 aliphatic carbocycles. The maximum Gasteiger partial charge on any atom is 0.0741 e. The highest BCUT2D eigenvalue weighted by atomic mass is 16.3. The van der Waals surface area contributed by atoms with E-state index in [1.807, 2.05) is 25.5 Å². The van der Waals surface area contributed by atoms with Gasteiger partial charge in [0.05, 0.1) is 17.0 Å². The molecule has 4 nitrogen and oxygen atoms in total. The maximum atomic E-state index is 9.85. The summed E-state index contributed by atoms with van der Waals surface area (Å²) in [7, 11) is 0. The van der Waals surface area contributed by atoms with E-state index in [0.29, 0.717) is 6.54 Å². The molecule has 1 aromatic heterocycles. The number of nitrogens with one attached hydrogen (secondary N) is 1. The zero-order valence-electron chi connectivity index (χ0n) is 10.7. The summed E-state index contributed by atoms with van der Waals surface area (Å²) in [6.45, 7) is 10.2. The first-order valence-corrected chi connectivity index (χ1v) is 5.95. The van der Waals surface area contributed by atoms with Crippen molar-refractivity contribution in [3.63, 3.8) is 0 Å². The number of aliphatic hydroxyl groups is 1. The molecule has 1 unspecified atom stereocenters. The largest absolute Gasteiger partial charge is 0.389 e. The molecule has 1 rings (SSSR count). The normalized spacial score (nSPS) is 15.1. The fourth-order valence-electron chi connectivity index (χ4n) is 1.60. The van der Waals surface area contributed by atoms with Crippen LogP contribution in [0.15, 0.2) is 6.07 Å². The van der Waals surface area contributed by atoms with Gasteiger partial charge >= 0.3 is 0 Å². The summed E-state index contributed by atoms with van der Waals surface area (Å²) in [5.41, 5.74) is 1.60. The fraction of sp³-hybridized carbons (Fsp3) is 0.750. The third-order valence-corrected chi connectivity index (χ3v) is 2.86. The number of aromatic nitrogens is 2. The number of hydrogen-bond donors (Lipinski definition) is 2. The molecule has 1 aromatic rings. The van der Waals surface area contributed by atoms with E-state index >= 15 is 0 Å². The van der Waals surface area contributed by atoms with E-state index in [1.54, 1.807) is 0 Å². The highest BCUT2D eigenvalue weighted by Crippen LogP contribution is 2.07. The van der Waals surface area contributed by atoms with Crippen LogP contribution in [-0.4, -0.2) is 27.0 Å². The van der Waals surface area contributed by atoms with Crippen molar-refractivity contribution < 1.29 is 5.11 Å². The second-order valence-electron chi connectivity index (χ2n) is 4.55. The van der Waals surface area contributed by atoms with Crippen LogP contribution in [0.1, 0.15) is 38.6 Å². The lowest BCUT2D eigenvalue weighted by Gasteiger charge is -2.21. The van der Waals surface area contributed by atoms with Crippen LogP contribution in [0.3, 0.4) is 0 Å². The smallest absolute Gasteiger partial charge is 0.0741 e. The Kier molecular flexibility index (Phi) is 4.50. The van der Waals surface area contributed by atoms with Crippen molar-refractivity contribution in [1.82, 2.24) is 15.1 Å². The van der Waals surface area contributed by atoms with Crippen LogP contribution in [0, 0.1) is 6.92 Å². The Labute approximate surface area is 97.7 Å². The molecule has 0 aromatic carbocycles. The molecule has 16 heavy (non-hydrogen) atoms. The predicted octanol–water partition coefficient (Wildman–Crippen LogP) is 1.46. The highest BCUT2D eigenvalue weighted by molar-refractivity contribution is 5.08. The summed E-state index contributed by atoms with van der Waals surface area (Å²) in [6.07, 6.45) is 0.756. The van der Waals surface area contributed by atoms with Crippen molar-refractivity contribution in [3.8, 4) is 0 Å². The van der Waals surface area contributed by atoms with Gasteiger partial charge < -0.3 is 10.4 Å². The third-order valence-electron chi connectivity index (χ3n) is 2.86. The van der Waals surface area contributed by atoms with Crippen molar-refractivity contribution >= 4 is 0 Å². The van der Waals surface area contributed by atoms with Crippen LogP contribution in [0.5, 0.6) is 0 Å². The topological polar surface area (TPSA) is 50.1 Å². The lowest BCUT2D eigenvalue weighted by atomic mass is 10.0. The fourth-order valence-corrected chi connectivity index (χ4v) is 1.60. The van der Waals surface area contributed by atoms with Crippen molar-refractivity contribution in [2.75, 3.05) is 6.54 Å². The van der Waals surface area contributed by atoms with Gasteiger partial charge in [-0.25, -0.2) is 0 Å². The van der Waals surface area contributed by atoms with E-state index in [-0.39, 0.29) is 0 Å². The molecular weight excluding hydrogens is 202 g/mol. The zero-order chi connectivity index (χ0) is 12.2. The number of nitrogens with zero attached hydrogens (tertiary/aromatic N) is 2. The van der Waals surface area contributed by atoms with Gasteiger partial charge in [-0.05, 0) is 33.3 Å². The quantitative estimate of drug-likeness (QED) is 0.770. The van der Waals surface area contributed by atoms with E-state index < -0.39 is 5.60 Å². The molecule has 0 bridgehead atoms. The van der Waals surface area contributed by atoms with Crippen molar-refractivity contribution in [2.24, 2.45) is 0 Å². The molecule has 1 heterocycles. The second-order valence-corrected chi connectivity index (χ2v) is 4.55. The molecule has 0 spiro atoms. The van der Waals surface area contributed by atoms with Crippen molar-refractivity contribution in [2.45, 2.75) is 52.8 Å². The minimum absolute atomic E-state index is 0.609. The first-order valence-electron chi connectivity index (χ1n) is 5.95. The van der Waals surface area contributed by atoms with Gasteiger partial charge in [-0.3, -0.25) is 4.68 Å². The van der Waals surface area contributed by atoms with E-state index in [9.17, 15) is 5.11 Å². The SMILES string of the molecule is CCn1nc(C)cc1CNCC(C)(O)CC. The van der Waals surface area contributed by atoms with Crippen molar-refractivity contribution in [1.29, 1.82) is 0 Å². The molecule has 0 fully saturated rings. The summed E-state index contributed by atoms with van der Waals surface area (Å²) in [5, 5.41) is 17.5. The maximum absolute atomic E-state index is 9.85. The molecule has 4 heteroatoms. The molecule has 0 aliphatic rings. The summed E-state index contributed by atoms with van der Waals surface area (Å²) >= 11 is 0. The van der Waals surface area contributed by atoms with Gasteiger partial charge in [0.25, 0.3) is 0 Å². The van der Waals surface area contributed by atoms with Gasteiger partial charge in [0.1, 0.15) is 0 Å². The summed E-state index contributed by atoms with van der Waals surface area (Å²) in [5.74, 6) is 0. The zero-order valence-corrected chi connectivity index (χ0v) is 10.7. The Bertz CT molecular complexity index is 331.